The summed E-state index contributed by atoms with van der Waals surface area (Å²) in [5.74, 6) is -6.01. The molecule has 0 radical (unpaired) electrons. The van der Waals surface area contributed by atoms with Crippen molar-refractivity contribution in [1.29, 1.82) is 0 Å². The fourth-order valence-electron chi connectivity index (χ4n) is 12.1. The van der Waals surface area contributed by atoms with Gasteiger partial charge in [-0.25, -0.2) is 9.59 Å². The molecule has 3 aliphatic heterocycles. The summed E-state index contributed by atoms with van der Waals surface area (Å²) in [4.78, 5) is 163. The van der Waals surface area contributed by atoms with E-state index in [4.69, 9.17) is 18.9 Å². The molecule has 4 aromatic carbocycles. The maximum atomic E-state index is 15.3. The van der Waals surface area contributed by atoms with Gasteiger partial charge in [0, 0.05) is 71.3 Å². The molecule has 522 valence electrons. The number of ether oxygens (including phenoxy) is 4. The molecule has 4 aromatic rings. The number of aryl methyl sites for hydroxylation is 1. The molecule has 97 heavy (non-hydrogen) atoms. The number of cyclic esters (lactones) is 2. The van der Waals surface area contributed by atoms with E-state index in [1.54, 1.807) is 117 Å². The summed E-state index contributed by atoms with van der Waals surface area (Å²) in [6.45, 7) is 7.13. The summed E-state index contributed by atoms with van der Waals surface area (Å²) < 4.78 is 22.9. The first kappa shape index (κ1) is 74.9. The number of carbonyl (C=O) groups is 11. The van der Waals surface area contributed by atoms with Crippen LogP contribution < -0.4 is 30.7 Å². The minimum atomic E-state index is -1.52. The summed E-state index contributed by atoms with van der Waals surface area (Å²) in [7, 11) is 9.74. The molecule has 0 saturated carbocycles. The van der Waals surface area contributed by atoms with Gasteiger partial charge in [0.15, 0.2) is 11.5 Å². The number of carbonyl (C=O) groups excluding carboxylic acids is 11. The van der Waals surface area contributed by atoms with Crippen molar-refractivity contribution in [1.82, 2.24) is 40.4 Å². The lowest BCUT2D eigenvalue weighted by atomic mass is 9.87. The predicted octanol–water partition coefficient (Wildman–Crippen LogP) is 6.20. The monoisotopic (exact) mass is 1340 g/mol. The van der Waals surface area contributed by atoms with Gasteiger partial charge in [0.1, 0.15) is 42.9 Å². The van der Waals surface area contributed by atoms with Gasteiger partial charge in [0.2, 0.25) is 47.1 Å². The van der Waals surface area contributed by atoms with Crippen molar-refractivity contribution in [3.8, 4) is 11.5 Å². The normalized spacial score (nSPS) is 22.1. The van der Waals surface area contributed by atoms with E-state index >= 15 is 4.79 Å². The fraction of sp³-hybridized carbons (Fsp3) is 0.493. The number of methoxy groups -OCH3 is 2. The zero-order valence-corrected chi connectivity index (χ0v) is 57.5. The van der Waals surface area contributed by atoms with E-state index in [-0.39, 0.29) is 102 Å². The largest absolute Gasteiger partial charge is 0.493 e. The van der Waals surface area contributed by atoms with Crippen LogP contribution in [0, 0.1) is 11.3 Å². The SMILES string of the molecule is COc1ccc(CC[C@H]2OC(=O)[C@@H]3CCCCN3C(=O)C(=O)C(C)(C)COC(=O)C=CCCN(C)C(=O)[C@H](CC(C)C)N(C)C(=O)[C@H]3CCCN3C(=O)[C@H](Cc3ccc(CNC(=O)CN(C)C)cc3)NC(=O)[C@H](c3ccccc3)NC(=O)CCC(=O)Nc3cccc2c3)cc1OC. The molecule has 0 aromatic heterocycles. The van der Waals surface area contributed by atoms with Crippen LogP contribution >= 0.6 is 0 Å². The van der Waals surface area contributed by atoms with Crippen LogP contribution in [0.3, 0.4) is 0 Å². The first-order chi connectivity index (χ1) is 46.3. The highest BCUT2D eigenvalue weighted by Gasteiger charge is 2.44. The number of anilines is 1. The summed E-state index contributed by atoms with van der Waals surface area (Å²) in [6.07, 6.45) is 3.96. The highest BCUT2D eigenvalue weighted by molar-refractivity contribution is 6.38. The lowest BCUT2D eigenvalue weighted by molar-refractivity contribution is -0.165. The Bertz CT molecular complexity index is 3480. The number of hydrogen-bond acceptors (Lipinski definition) is 16. The second-order valence-corrected chi connectivity index (χ2v) is 26.4. The Kier molecular flexibility index (Phi) is 27.4. The van der Waals surface area contributed by atoms with Gasteiger partial charge in [-0.1, -0.05) is 92.7 Å². The van der Waals surface area contributed by atoms with E-state index in [9.17, 15) is 47.9 Å². The number of benzene rings is 4. The third-order valence-electron chi connectivity index (χ3n) is 17.5. The van der Waals surface area contributed by atoms with Crippen molar-refractivity contribution in [2.45, 2.75) is 148 Å². The second kappa shape index (κ2) is 35.5. The number of ketones is 1. The van der Waals surface area contributed by atoms with Crippen LogP contribution in [0.25, 0.3) is 0 Å². The van der Waals surface area contributed by atoms with E-state index in [0.717, 1.165) is 11.1 Å². The van der Waals surface area contributed by atoms with Gasteiger partial charge in [0.05, 0.1) is 26.2 Å². The molecule has 24 nitrogen and oxygen atoms in total. The molecule has 8 amide bonds. The third kappa shape index (κ3) is 21.3. The zero-order valence-electron chi connectivity index (χ0n) is 57.5. The summed E-state index contributed by atoms with van der Waals surface area (Å²) in [5, 5.41) is 11.5. The van der Waals surface area contributed by atoms with Crippen molar-refractivity contribution in [3.05, 3.63) is 137 Å². The number of amides is 8. The number of nitrogens with one attached hydrogen (secondary N) is 4. The topological polar surface area (TPSA) is 289 Å². The zero-order chi connectivity index (χ0) is 70.5. The average molecular weight is 1340 g/mol. The number of likely N-dealkylation sites (N-methyl/N-ethyl adjacent to an activating group) is 3. The van der Waals surface area contributed by atoms with E-state index < -0.39 is 101 Å². The van der Waals surface area contributed by atoms with Gasteiger partial charge in [-0.15, -0.1) is 0 Å². The lowest BCUT2D eigenvalue weighted by Crippen LogP contribution is -2.58. The Morgan fingerprint density at radius 3 is 2.08 bits per heavy atom. The molecule has 3 heterocycles. The van der Waals surface area contributed by atoms with Crippen LogP contribution in [0.2, 0.25) is 0 Å². The van der Waals surface area contributed by atoms with Crippen LogP contribution in [0.4, 0.5) is 5.69 Å². The highest BCUT2D eigenvalue weighted by Crippen LogP contribution is 2.33. The summed E-state index contributed by atoms with van der Waals surface area (Å²) in [5.41, 5.74) is 1.87. The van der Waals surface area contributed by atoms with Gasteiger partial charge >= 0.3 is 11.9 Å². The van der Waals surface area contributed by atoms with E-state index in [1.165, 1.54) is 66.9 Å². The Morgan fingerprint density at radius 2 is 1.38 bits per heavy atom. The van der Waals surface area contributed by atoms with Gasteiger partial charge in [0.25, 0.3) is 5.91 Å². The van der Waals surface area contributed by atoms with E-state index in [2.05, 4.69) is 21.3 Å². The number of hydrogen-bond donors (Lipinski definition) is 4. The van der Waals surface area contributed by atoms with Crippen molar-refractivity contribution in [2.75, 3.05) is 80.5 Å². The maximum absolute atomic E-state index is 15.3. The predicted molar refractivity (Wildman–Crippen MR) is 362 cm³/mol. The third-order valence-corrected chi connectivity index (χ3v) is 17.5. The van der Waals surface area contributed by atoms with E-state index in [0.29, 0.717) is 59.6 Å². The number of Topliss-reactive ketones (excluding diaryl/α,β-unsaturated/α-hetero) is 1. The van der Waals surface area contributed by atoms with Crippen LogP contribution in [0.1, 0.15) is 132 Å². The van der Waals surface area contributed by atoms with E-state index in [1.807, 2.05) is 19.9 Å². The van der Waals surface area contributed by atoms with Gasteiger partial charge in [-0.05, 0) is 144 Å². The molecule has 3 aliphatic rings. The number of rotatable bonds is 14. The van der Waals surface area contributed by atoms with Gasteiger partial charge in [-0.2, -0.15) is 0 Å². The molecule has 24 heteroatoms. The van der Waals surface area contributed by atoms with Crippen molar-refractivity contribution >= 4 is 70.7 Å². The van der Waals surface area contributed by atoms with Crippen molar-refractivity contribution in [2.24, 2.45) is 11.3 Å². The number of piperidine rings is 1. The first-order valence-corrected chi connectivity index (χ1v) is 33.2. The number of fused-ring (bicyclic) bond motifs is 4. The summed E-state index contributed by atoms with van der Waals surface area (Å²) in [6, 6.07) is 21.9. The molecular formula is C73H95N9O15. The smallest absolute Gasteiger partial charge is 0.330 e. The van der Waals surface area contributed by atoms with Crippen molar-refractivity contribution in [3.63, 3.8) is 0 Å². The Labute approximate surface area is 568 Å². The molecular weight excluding hydrogens is 1240 g/mol. The molecule has 4 N–H and O–H groups in total. The van der Waals surface area contributed by atoms with Crippen LogP contribution in [-0.2, 0) is 81.6 Å². The van der Waals surface area contributed by atoms with Gasteiger partial charge in [-0.3, -0.25) is 43.2 Å². The molecule has 0 aliphatic carbocycles. The fourth-order valence-corrected chi connectivity index (χ4v) is 12.1. The Hall–Kier alpha value is -9.45. The molecule has 0 spiro atoms. The molecule has 0 unspecified atom stereocenters. The highest BCUT2D eigenvalue weighted by atomic mass is 16.5. The minimum Gasteiger partial charge on any atom is -0.493 e. The molecule has 2 saturated heterocycles. The van der Waals surface area contributed by atoms with Crippen LogP contribution in [0.5, 0.6) is 11.5 Å². The maximum Gasteiger partial charge on any atom is 0.330 e. The number of esters is 2. The standard InChI is InChI=1S/C73H95N9O15/c1-47(2)40-57-69(90)79(7)37-16-15-26-64(86)96-46-73(3,4)66(87)71(92)82-38-17-14-24-56(82)72(93)97-58(33-31-49-32-34-59(94-9)60(42-49)95-10)52-22-18-23-53(43-52)75-61(83)35-36-62(84)77-65(51-20-12-11-13-21-51)67(88)76-54(68(89)81-39-19-25-55(81)70(91)80(57)8)41-48-27-29-50(30-28-48)44-74-63(85)45-78(5)6/h11-13,15,18,20-23,26-30,32,34,42-43,47,54-58,65H,14,16-17,19,24-25,31,33,35-41,44-46H2,1-10H3,(H,74,85)(H,75,83)(H,76,88)(H,77,84)/t54-,55+,56-,57-,58+,65-/m0/s1. The first-order valence-electron chi connectivity index (χ1n) is 33.2. The molecule has 2 fully saturated rings. The molecule has 7 rings (SSSR count). The Balaban J connectivity index is 1.20. The Morgan fingerprint density at radius 1 is 0.711 bits per heavy atom. The second-order valence-electron chi connectivity index (χ2n) is 26.4. The van der Waals surface area contributed by atoms with Crippen molar-refractivity contribution < 1.29 is 71.7 Å². The van der Waals surface area contributed by atoms with Gasteiger partial charge < -0.3 is 64.7 Å². The quantitative estimate of drug-likeness (QED) is 0.0807. The number of nitrogens with zero attached hydrogens (tertiary/aromatic N) is 5. The van der Waals surface area contributed by atoms with Crippen LogP contribution in [-0.4, -0.2) is 189 Å². The summed E-state index contributed by atoms with van der Waals surface area (Å²) >= 11 is 0. The molecule has 2 bridgehead atoms. The minimum absolute atomic E-state index is 0.0494. The van der Waals surface area contributed by atoms with Crippen LogP contribution in [0.15, 0.2) is 109 Å². The molecule has 6 atom stereocenters. The lowest BCUT2D eigenvalue weighted by Gasteiger charge is -2.36. The average Bonchev–Trinajstić information content (AvgIpc) is 1.76.